The van der Waals surface area contributed by atoms with Gasteiger partial charge in [0.25, 0.3) is 11.8 Å². The Kier molecular flexibility index (Phi) is 5.43. The molecule has 0 saturated heterocycles. The van der Waals surface area contributed by atoms with E-state index in [0.29, 0.717) is 18.0 Å². The molecule has 4 rings (SSSR count). The molecule has 5 nitrogen and oxygen atoms in total. The molecule has 3 aromatic rings. The van der Waals surface area contributed by atoms with Gasteiger partial charge in [-0.15, -0.1) is 0 Å². The molecule has 0 radical (unpaired) electrons. The zero-order valence-electron chi connectivity index (χ0n) is 15.8. The normalized spacial score (nSPS) is 15.1. The number of hydrogen-bond acceptors (Lipinski definition) is 3. The number of benzene rings is 3. The number of nitrogens with one attached hydrogen (secondary N) is 1. The van der Waals surface area contributed by atoms with Gasteiger partial charge in [0.05, 0.1) is 17.8 Å². The van der Waals surface area contributed by atoms with Crippen LogP contribution < -0.4 is 15.0 Å². The Bertz CT molecular complexity index is 1090. The third-order valence-corrected chi connectivity index (χ3v) is 4.78. The van der Waals surface area contributed by atoms with Crippen molar-refractivity contribution in [3.8, 4) is 5.75 Å². The summed E-state index contributed by atoms with van der Waals surface area (Å²) in [5.74, 6) is -2.41. The lowest BCUT2D eigenvalue weighted by Gasteiger charge is -2.34. The van der Waals surface area contributed by atoms with Gasteiger partial charge in [0.2, 0.25) is 0 Å². The lowest BCUT2D eigenvalue weighted by Crippen LogP contribution is -2.50. The number of fused-ring (bicyclic) bond motifs is 1. The molecular weight excluding hydrogens is 390 g/mol. The van der Waals surface area contributed by atoms with Crippen molar-refractivity contribution in [2.45, 2.75) is 12.6 Å². The predicted octanol–water partition coefficient (Wildman–Crippen LogP) is 3.69. The number of hydrogen-bond donors (Lipinski definition) is 1. The molecule has 0 bridgehead atoms. The molecule has 1 unspecified atom stereocenters. The van der Waals surface area contributed by atoms with Crippen LogP contribution in [0.5, 0.6) is 5.75 Å². The smallest absolute Gasteiger partial charge is 0.263 e. The average molecular weight is 408 g/mol. The van der Waals surface area contributed by atoms with Crippen molar-refractivity contribution in [1.82, 2.24) is 5.32 Å². The van der Waals surface area contributed by atoms with E-state index >= 15 is 0 Å². The summed E-state index contributed by atoms with van der Waals surface area (Å²) in [6.45, 7) is 0.167. The number of amides is 2. The fourth-order valence-corrected chi connectivity index (χ4v) is 3.27. The number of anilines is 1. The largest absolute Gasteiger partial charge is 0.477 e. The summed E-state index contributed by atoms with van der Waals surface area (Å²) >= 11 is 0. The van der Waals surface area contributed by atoms with Gasteiger partial charge in [0.15, 0.2) is 6.10 Å². The first-order chi connectivity index (χ1) is 14.5. The first kappa shape index (κ1) is 19.6. The second kappa shape index (κ2) is 8.32. The van der Waals surface area contributed by atoms with Crippen molar-refractivity contribution in [3.05, 3.63) is 95.6 Å². The molecule has 0 saturated carbocycles. The van der Waals surface area contributed by atoms with Gasteiger partial charge in [-0.25, -0.2) is 8.78 Å². The zero-order valence-corrected chi connectivity index (χ0v) is 15.8. The van der Waals surface area contributed by atoms with E-state index in [1.165, 1.54) is 4.90 Å². The molecule has 3 aromatic carbocycles. The van der Waals surface area contributed by atoms with Gasteiger partial charge in [-0.3, -0.25) is 9.59 Å². The highest BCUT2D eigenvalue weighted by atomic mass is 19.1. The third kappa shape index (κ3) is 4.00. The molecule has 1 heterocycles. The van der Waals surface area contributed by atoms with Gasteiger partial charge >= 0.3 is 0 Å². The van der Waals surface area contributed by atoms with Gasteiger partial charge in [0, 0.05) is 6.54 Å². The Balaban J connectivity index is 1.58. The SMILES string of the molecule is O=C(NCc1ccccc1)C1CN(C(=O)c2cc(F)ccc2F)c2ccccc2O1. The molecular formula is C23H18F2N2O3. The van der Waals surface area contributed by atoms with E-state index < -0.39 is 35.1 Å². The molecule has 7 heteroatoms. The van der Waals surface area contributed by atoms with Crippen molar-refractivity contribution >= 4 is 17.5 Å². The molecule has 0 aromatic heterocycles. The first-order valence-corrected chi connectivity index (χ1v) is 9.37. The standard InChI is InChI=1S/C23H18F2N2O3/c24-16-10-11-18(25)17(12-16)23(29)27-14-21(30-20-9-5-4-8-19(20)27)22(28)26-13-15-6-2-1-3-7-15/h1-12,21H,13-14H2,(H,26,28). The Morgan fingerprint density at radius 2 is 1.73 bits per heavy atom. The Labute approximate surface area is 171 Å². The molecule has 0 aliphatic carbocycles. The maximum atomic E-state index is 14.2. The summed E-state index contributed by atoms with van der Waals surface area (Å²) in [5.41, 5.74) is 0.894. The summed E-state index contributed by atoms with van der Waals surface area (Å²) in [5, 5.41) is 2.78. The summed E-state index contributed by atoms with van der Waals surface area (Å²) in [7, 11) is 0. The summed E-state index contributed by atoms with van der Waals surface area (Å²) in [6.07, 6.45) is -0.996. The Morgan fingerprint density at radius 3 is 2.53 bits per heavy atom. The number of carbonyl (C=O) groups is 2. The number of carbonyl (C=O) groups excluding carboxylic acids is 2. The second-order valence-corrected chi connectivity index (χ2v) is 6.82. The highest BCUT2D eigenvalue weighted by Gasteiger charge is 2.35. The summed E-state index contributed by atoms with van der Waals surface area (Å²) in [4.78, 5) is 27.0. The van der Waals surface area contributed by atoms with Crippen LogP contribution in [0.1, 0.15) is 15.9 Å². The van der Waals surface area contributed by atoms with E-state index in [2.05, 4.69) is 5.32 Å². The lowest BCUT2D eigenvalue weighted by atomic mass is 10.1. The van der Waals surface area contributed by atoms with Crippen LogP contribution in [0.15, 0.2) is 72.8 Å². The van der Waals surface area contributed by atoms with Crippen molar-refractivity contribution in [1.29, 1.82) is 0 Å². The van der Waals surface area contributed by atoms with Gasteiger partial charge in [-0.1, -0.05) is 42.5 Å². The minimum Gasteiger partial charge on any atom is -0.477 e. The van der Waals surface area contributed by atoms with Crippen LogP contribution in [0.4, 0.5) is 14.5 Å². The number of rotatable bonds is 4. The second-order valence-electron chi connectivity index (χ2n) is 6.82. The van der Waals surface area contributed by atoms with E-state index in [1.807, 2.05) is 30.3 Å². The van der Waals surface area contributed by atoms with Gasteiger partial charge in [-0.05, 0) is 35.9 Å². The Hall–Kier alpha value is -3.74. The Morgan fingerprint density at radius 1 is 1.00 bits per heavy atom. The summed E-state index contributed by atoms with van der Waals surface area (Å²) in [6, 6.07) is 18.7. The van der Waals surface area contributed by atoms with Crippen molar-refractivity contribution in [3.63, 3.8) is 0 Å². The molecule has 152 valence electrons. The summed E-state index contributed by atoms with van der Waals surface area (Å²) < 4.78 is 33.6. The lowest BCUT2D eigenvalue weighted by molar-refractivity contribution is -0.127. The van der Waals surface area contributed by atoms with Crippen molar-refractivity contribution < 1.29 is 23.1 Å². The topological polar surface area (TPSA) is 58.6 Å². The molecule has 1 aliphatic rings. The van der Waals surface area contributed by atoms with Gasteiger partial charge < -0.3 is 15.0 Å². The van der Waals surface area contributed by atoms with Crippen LogP contribution in [-0.4, -0.2) is 24.5 Å². The van der Waals surface area contributed by atoms with Crippen LogP contribution in [0.25, 0.3) is 0 Å². The number of halogens is 2. The average Bonchev–Trinajstić information content (AvgIpc) is 2.78. The molecule has 30 heavy (non-hydrogen) atoms. The minimum atomic E-state index is -0.996. The van der Waals surface area contributed by atoms with E-state index in [0.717, 1.165) is 23.8 Å². The van der Waals surface area contributed by atoms with E-state index in [1.54, 1.807) is 24.3 Å². The van der Waals surface area contributed by atoms with Crippen LogP contribution >= 0.6 is 0 Å². The van der Waals surface area contributed by atoms with Gasteiger partial charge in [-0.2, -0.15) is 0 Å². The number of para-hydroxylation sites is 2. The third-order valence-electron chi connectivity index (χ3n) is 4.78. The highest BCUT2D eigenvalue weighted by molar-refractivity contribution is 6.08. The van der Waals surface area contributed by atoms with Gasteiger partial charge in [0.1, 0.15) is 17.4 Å². The van der Waals surface area contributed by atoms with E-state index in [4.69, 9.17) is 4.74 Å². The van der Waals surface area contributed by atoms with E-state index in [-0.39, 0.29) is 6.54 Å². The number of ether oxygens (including phenoxy) is 1. The fourth-order valence-electron chi connectivity index (χ4n) is 3.27. The predicted molar refractivity (Wildman–Crippen MR) is 107 cm³/mol. The van der Waals surface area contributed by atoms with Crippen LogP contribution in [0.2, 0.25) is 0 Å². The highest BCUT2D eigenvalue weighted by Crippen LogP contribution is 2.34. The van der Waals surface area contributed by atoms with E-state index in [9.17, 15) is 18.4 Å². The number of nitrogens with zero attached hydrogens (tertiary/aromatic N) is 1. The molecule has 1 atom stereocenters. The zero-order chi connectivity index (χ0) is 21.1. The molecule has 2 amide bonds. The van der Waals surface area contributed by atoms with Crippen LogP contribution in [0.3, 0.4) is 0 Å². The monoisotopic (exact) mass is 408 g/mol. The minimum absolute atomic E-state index is 0.133. The van der Waals surface area contributed by atoms with Crippen LogP contribution in [-0.2, 0) is 11.3 Å². The van der Waals surface area contributed by atoms with Crippen molar-refractivity contribution in [2.24, 2.45) is 0 Å². The first-order valence-electron chi connectivity index (χ1n) is 9.37. The fraction of sp³-hybridized carbons (Fsp3) is 0.130. The van der Waals surface area contributed by atoms with Crippen molar-refractivity contribution in [2.75, 3.05) is 11.4 Å². The molecule has 0 spiro atoms. The van der Waals surface area contributed by atoms with Crippen LogP contribution in [0, 0.1) is 11.6 Å². The maximum absolute atomic E-state index is 14.2. The quantitative estimate of drug-likeness (QED) is 0.716. The molecule has 0 fully saturated rings. The maximum Gasteiger partial charge on any atom is 0.263 e. The molecule has 1 aliphatic heterocycles. The molecule has 1 N–H and O–H groups in total.